The van der Waals surface area contributed by atoms with Crippen LogP contribution in [-0.2, 0) is 24.0 Å². The molecule has 0 aromatic rings. The highest BCUT2D eigenvalue weighted by Gasteiger charge is 2.33. The first kappa shape index (κ1) is 42.1. The molecule has 44 heavy (non-hydrogen) atoms. The molecule has 0 aromatic carbocycles. The Bertz CT molecular complexity index is 893. The van der Waals surface area contributed by atoms with Gasteiger partial charge in [-0.05, 0) is 63.5 Å². The van der Waals surface area contributed by atoms with E-state index < -0.39 is 47.7 Å². The van der Waals surface area contributed by atoms with Crippen LogP contribution >= 0.6 is 11.8 Å². The highest BCUT2D eigenvalue weighted by atomic mass is 32.2. The predicted molar refractivity (Wildman–Crippen MR) is 179 cm³/mol. The molecule has 12 heteroatoms. The van der Waals surface area contributed by atoms with Crippen molar-refractivity contribution in [3.8, 4) is 0 Å². The van der Waals surface area contributed by atoms with Crippen LogP contribution in [0, 0.1) is 29.6 Å². The third-order valence-electron chi connectivity index (χ3n) is 6.90. The third-order valence-corrected chi connectivity index (χ3v) is 7.57. The lowest BCUT2D eigenvalue weighted by Gasteiger charge is -2.31. The van der Waals surface area contributed by atoms with E-state index in [0.717, 1.165) is 0 Å². The molecule has 0 saturated carbocycles. The molecule has 0 bridgehead atoms. The van der Waals surface area contributed by atoms with Crippen molar-refractivity contribution in [3.05, 3.63) is 0 Å². The van der Waals surface area contributed by atoms with E-state index in [4.69, 9.17) is 4.84 Å². The molecule has 6 N–H and O–H groups in total. The fourth-order valence-corrected chi connectivity index (χ4v) is 4.89. The topological polar surface area (TPSA) is 158 Å². The molecule has 0 aromatic heterocycles. The largest absolute Gasteiger partial charge is 0.391 e. The molecule has 0 fully saturated rings. The zero-order valence-corrected chi connectivity index (χ0v) is 30.3. The average molecular weight is 646 g/mol. The molecule has 258 valence electrons. The van der Waals surface area contributed by atoms with E-state index in [9.17, 15) is 24.3 Å². The standard InChI is InChI=1S/C32H63N5O6S/c1-18(2)14-23(25(38)15-22(9)28(39)36-26(20(5)6)30(41)33-16-19(3)4)34-29(40)24(17-44-13)35-31(42)27(21(7)8)37-43-32(10,11)12/h18-27,37-38H,14-17H2,1-13H3,(H,33,41)(H,34,40)(H,35,42)(H,36,39)/t22-,23+,24+,25+,26+,27+/m1/s1. The Labute approximate surface area is 270 Å². The zero-order chi connectivity index (χ0) is 34.4. The number of hydrogen-bond donors (Lipinski definition) is 6. The van der Waals surface area contributed by atoms with Crippen molar-refractivity contribution in [1.29, 1.82) is 0 Å². The molecule has 0 rings (SSSR count). The van der Waals surface area contributed by atoms with Gasteiger partial charge in [0.15, 0.2) is 0 Å². The van der Waals surface area contributed by atoms with Gasteiger partial charge in [0.25, 0.3) is 0 Å². The van der Waals surface area contributed by atoms with Gasteiger partial charge in [-0.3, -0.25) is 24.0 Å². The number of nitrogens with one attached hydrogen (secondary N) is 5. The Morgan fingerprint density at radius 3 is 1.75 bits per heavy atom. The number of amides is 4. The molecule has 0 aliphatic carbocycles. The van der Waals surface area contributed by atoms with E-state index in [1.165, 1.54) is 11.8 Å². The fourth-order valence-electron chi connectivity index (χ4n) is 4.33. The first-order valence-electron chi connectivity index (χ1n) is 16.0. The van der Waals surface area contributed by atoms with Crippen molar-refractivity contribution in [2.75, 3.05) is 18.6 Å². The maximum Gasteiger partial charge on any atom is 0.243 e. The number of carbonyl (C=O) groups is 4. The summed E-state index contributed by atoms with van der Waals surface area (Å²) in [5.74, 6) is -1.41. The van der Waals surface area contributed by atoms with Gasteiger partial charge < -0.3 is 26.4 Å². The Morgan fingerprint density at radius 1 is 0.727 bits per heavy atom. The van der Waals surface area contributed by atoms with Gasteiger partial charge in [0.05, 0.1) is 17.7 Å². The Morgan fingerprint density at radius 2 is 1.30 bits per heavy atom. The van der Waals surface area contributed by atoms with Gasteiger partial charge in [-0.15, -0.1) is 0 Å². The monoisotopic (exact) mass is 645 g/mol. The summed E-state index contributed by atoms with van der Waals surface area (Å²) in [6.45, 7) is 23.3. The van der Waals surface area contributed by atoms with E-state index in [0.29, 0.717) is 18.7 Å². The molecule has 0 radical (unpaired) electrons. The fraction of sp³-hybridized carbons (Fsp3) is 0.875. The van der Waals surface area contributed by atoms with Gasteiger partial charge in [0.2, 0.25) is 23.6 Å². The van der Waals surface area contributed by atoms with Crippen LogP contribution in [0.15, 0.2) is 0 Å². The van der Waals surface area contributed by atoms with E-state index >= 15 is 0 Å². The second-order valence-corrected chi connectivity index (χ2v) is 15.3. The summed E-state index contributed by atoms with van der Waals surface area (Å²) in [6, 6.07) is -2.85. The zero-order valence-electron chi connectivity index (χ0n) is 29.5. The van der Waals surface area contributed by atoms with Crippen LogP contribution in [0.2, 0.25) is 0 Å². The third kappa shape index (κ3) is 17.0. The van der Waals surface area contributed by atoms with Crippen LogP contribution in [0.1, 0.15) is 95.9 Å². The second-order valence-electron chi connectivity index (χ2n) is 14.4. The molecule has 6 atom stereocenters. The first-order chi connectivity index (χ1) is 20.2. The van der Waals surface area contributed by atoms with Gasteiger partial charge in [-0.25, -0.2) is 0 Å². The molecule has 0 aliphatic heterocycles. The normalized spacial score (nSPS) is 16.3. The lowest BCUT2D eigenvalue weighted by molar-refractivity contribution is -0.140. The highest BCUT2D eigenvalue weighted by Crippen LogP contribution is 2.17. The minimum absolute atomic E-state index is 0.0883. The van der Waals surface area contributed by atoms with Crippen LogP contribution in [0.5, 0.6) is 0 Å². The summed E-state index contributed by atoms with van der Waals surface area (Å²) < 4.78 is 0. The van der Waals surface area contributed by atoms with Crippen molar-refractivity contribution in [2.24, 2.45) is 29.6 Å². The molecule has 0 saturated heterocycles. The van der Waals surface area contributed by atoms with Crippen LogP contribution in [-0.4, -0.2) is 83.2 Å². The van der Waals surface area contributed by atoms with Gasteiger partial charge in [-0.2, -0.15) is 17.2 Å². The molecule has 0 heterocycles. The molecule has 0 spiro atoms. The number of carbonyl (C=O) groups excluding carboxylic acids is 4. The summed E-state index contributed by atoms with van der Waals surface area (Å²) in [6.07, 6.45) is 1.39. The molecular formula is C32H63N5O6S. The van der Waals surface area contributed by atoms with E-state index in [1.54, 1.807) is 6.92 Å². The Balaban J connectivity index is 5.60. The minimum Gasteiger partial charge on any atom is -0.391 e. The average Bonchev–Trinajstić information content (AvgIpc) is 2.88. The Hall–Kier alpha value is -1.89. The SMILES string of the molecule is CSC[C@H](NC(=O)[C@@H](NOC(C)(C)C)C(C)C)C(=O)N[C@@H](CC(C)C)[C@@H](O)C[C@@H](C)C(=O)N[C@H](C(=O)NCC(C)C)C(C)C. The predicted octanol–water partition coefficient (Wildman–Crippen LogP) is 3.01. The van der Waals surface area contributed by atoms with Crippen molar-refractivity contribution >= 4 is 35.4 Å². The van der Waals surface area contributed by atoms with E-state index in [1.807, 2.05) is 82.4 Å². The summed E-state index contributed by atoms with van der Waals surface area (Å²) in [7, 11) is 0. The van der Waals surface area contributed by atoms with Crippen molar-refractivity contribution in [3.63, 3.8) is 0 Å². The van der Waals surface area contributed by atoms with Crippen molar-refractivity contribution in [1.82, 2.24) is 26.7 Å². The second kappa shape index (κ2) is 20.3. The Kier molecular flexibility index (Phi) is 19.4. The van der Waals surface area contributed by atoms with Crippen LogP contribution in [0.4, 0.5) is 0 Å². The van der Waals surface area contributed by atoms with Crippen molar-refractivity contribution < 1.29 is 29.1 Å². The molecule has 0 aliphatic rings. The minimum atomic E-state index is -1.02. The maximum atomic E-state index is 13.5. The number of hydrogen-bond acceptors (Lipinski definition) is 8. The summed E-state index contributed by atoms with van der Waals surface area (Å²) in [5.41, 5.74) is 2.34. The summed E-state index contributed by atoms with van der Waals surface area (Å²) in [4.78, 5) is 58.1. The molecule has 0 unspecified atom stereocenters. The number of aliphatic hydroxyl groups excluding tert-OH is 1. The lowest BCUT2D eigenvalue weighted by atomic mass is 9.91. The number of hydroxylamine groups is 1. The molecule has 11 nitrogen and oxygen atoms in total. The smallest absolute Gasteiger partial charge is 0.243 e. The van der Waals surface area contributed by atoms with Gasteiger partial charge in [0.1, 0.15) is 18.1 Å². The van der Waals surface area contributed by atoms with Gasteiger partial charge in [-0.1, -0.05) is 62.3 Å². The number of rotatable bonds is 20. The van der Waals surface area contributed by atoms with E-state index in [2.05, 4.69) is 26.7 Å². The first-order valence-corrected chi connectivity index (χ1v) is 17.4. The van der Waals surface area contributed by atoms with Crippen LogP contribution in [0.3, 0.4) is 0 Å². The van der Waals surface area contributed by atoms with Crippen LogP contribution < -0.4 is 26.7 Å². The molecule has 4 amide bonds. The molecular weight excluding hydrogens is 582 g/mol. The lowest BCUT2D eigenvalue weighted by Crippen LogP contribution is -2.58. The van der Waals surface area contributed by atoms with E-state index in [-0.39, 0.29) is 47.8 Å². The highest BCUT2D eigenvalue weighted by molar-refractivity contribution is 7.98. The summed E-state index contributed by atoms with van der Waals surface area (Å²) >= 11 is 1.42. The van der Waals surface area contributed by atoms with Crippen molar-refractivity contribution in [2.45, 2.75) is 132 Å². The number of aliphatic hydroxyl groups is 1. The van der Waals surface area contributed by atoms with Gasteiger partial charge in [0, 0.05) is 18.2 Å². The number of thioether (sulfide) groups is 1. The summed E-state index contributed by atoms with van der Waals surface area (Å²) in [5, 5.41) is 22.8. The maximum absolute atomic E-state index is 13.5. The quantitative estimate of drug-likeness (QED) is 0.110. The van der Waals surface area contributed by atoms with Gasteiger partial charge >= 0.3 is 0 Å². The van der Waals surface area contributed by atoms with Crippen LogP contribution in [0.25, 0.3) is 0 Å².